The van der Waals surface area contributed by atoms with Gasteiger partial charge in [0, 0.05) is 31.2 Å². The zero-order valence-electron chi connectivity index (χ0n) is 24.3. The van der Waals surface area contributed by atoms with Crippen LogP contribution in [0.15, 0.2) is 54.1 Å². The van der Waals surface area contributed by atoms with E-state index in [9.17, 15) is 9.59 Å². The van der Waals surface area contributed by atoms with Crippen LogP contribution >= 0.6 is 11.6 Å². The van der Waals surface area contributed by atoms with E-state index in [0.717, 1.165) is 0 Å². The molecular formula is C31H33ClFN7O2. The fourth-order valence-electron chi connectivity index (χ4n) is 5.45. The molecule has 0 spiro atoms. The van der Waals surface area contributed by atoms with E-state index in [-0.39, 0.29) is 45.7 Å². The van der Waals surface area contributed by atoms with Gasteiger partial charge in [-0.05, 0) is 43.0 Å². The van der Waals surface area contributed by atoms with Crippen LogP contribution in [0.3, 0.4) is 0 Å². The van der Waals surface area contributed by atoms with Crippen molar-refractivity contribution in [1.29, 1.82) is 0 Å². The van der Waals surface area contributed by atoms with Crippen LogP contribution in [0.5, 0.6) is 0 Å². The summed E-state index contributed by atoms with van der Waals surface area (Å²) < 4.78 is 16.4. The van der Waals surface area contributed by atoms with E-state index >= 15 is 4.39 Å². The van der Waals surface area contributed by atoms with Gasteiger partial charge in [0.05, 0.1) is 33.2 Å². The van der Waals surface area contributed by atoms with Crippen molar-refractivity contribution in [3.8, 4) is 16.9 Å². The first-order valence-corrected chi connectivity index (χ1v) is 14.3. The van der Waals surface area contributed by atoms with Crippen LogP contribution in [-0.4, -0.2) is 61.0 Å². The van der Waals surface area contributed by atoms with Gasteiger partial charge < -0.3 is 9.80 Å². The molecular weight excluding hydrogens is 557 g/mol. The van der Waals surface area contributed by atoms with Crippen molar-refractivity contribution in [3.05, 3.63) is 82.0 Å². The van der Waals surface area contributed by atoms with Crippen LogP contribution in [-0.2, 0) is 4.79 Å². The molecule has 1 atom stereocenters. The van der Waals surface area contributed by atoms with E-state index < -0.39 is 11.5 Å². The Morgan fingerprint density at radius 2 is 1.76 bits per heavy atom. The van der Waals surface area contributed by atoms with Crippen molar-refractivity contribution in [2.75, 3.05) is 24.5 Å². The van der Waals surface area contributed by atoms with E-state index in [4.69, 9.17) is 16.6 Å². The fraction of sp³-hybridized carbons (Fsp3) is 0.355. The molecule has 9 nitrogen and oxygen atoms in total. The SMILES string of the molecule is C=CC(=O)N1CCN(c2nc(=O)n(-c3c(C(C)C)ncnc3C(C)C)c3nc(-c4ccccc4F)c(Cl)cc23)[C@@H](C)C1. The van der Waals surface area contributed by atoms with E-state index in [1.165, 1.54) is 23.0 Å². The molecule has 1 amide bonds. The number of hydrogen-bond acceptors (Lipinski definition) is 7. The van der Waals surface area contributed by atoms with Gasteiger partial charge in [-0.15, -0.1) is 0 Å². The first-order valence-electron chi connectivity index (χ1n) is 13.9. The molecule has 1 fully saturated rings. The van der Waals surface area contributed by atoms with E-state index in [1.807, 2.05) is 39.5 Å². The molecule has 0 N–H and O–H groups in total. The second kappa shape index (κ2) is 11.6. The predicted octanol–water partition coefficient (Wildman–Crippen LogP) is 5.50. The third-order valence-corrected chi connectivity index (χ3v) is 7.80. The highest BCUT2D eigenvalue weighted by Crippen LogP contribution is 2.36. The molecule has 0 radical (unpaired) electrons. The number of nitrogens with zero attached hydrogens (tertiary/aromatic N) is 7. The second-order valence-corrected chi connectivity index (χ2v) is 11.5. The van der Waals surface area contributed by atoms with Crippen LogP contribution in [0, 0.1) is 5.82 Å². The topological polar surface area (TPSA) is 97.1 Å². The monoisotopic (exact) mass is 589 g/mol. The Morgan fingerprint density at radius 3 is 2.36 bits per heavy atom. The summed E-state index contributed by atoms with van der Waals surface area (Å²) in [5.41, 5.74) is 1.97. The highest BCUT2D eigenvalue weighted by atomic mass is 35.5. The Bertz CT molecular complexity index is 1730. The Labute approximate surface area is 248 Å². The Hall–Kier alpha value is -4.18. The van der Waals surface area contributed by atoms with Crippen LogP contribution in [0.2, 0.25) is 5.02 Å². The molecule has 1 aromatic carbocycles. The summed E-state index contributed by atoms with van der Waals surface area (Å²) in [6.07, 6.45) is 2.80. The van der Waals surface area contributed by atoms with Gasteiger partial charge in [-0.25, -0.2) is 28.7 Å². The number of benzene rings is 1. The van der Waals surface area contributed by atoms with Crippen molar-refractivity contribution < 1.29 is 9.18 Å². The van der Waals surface area contributed by atoms with Gasteiger partial charge in [-0.1, -0.05) is 58.0 Å². The first kappa shape index (κ1) is 29.3. The number of amides is 1. The minimum absolute atomic E-state index is 0.0454. The van der Waals surface area contributed by atoms with Crippen LogP contribution in [0.25, 0.3) is 28.0 Å². The molecule has 1 saturated heterocycles. The second-order valence-electron chi connectivity index (χ2n) is 11.1. The summed E-state index contributed by atoms with van der Waals surface area (Å²) in [6, 6.07) is 7.75. The van der Waals surface area contributed by atoms with E-state index in [0.29, 0.717) is 47.9 Å². The Kier molecular flexibility index (Phi) is 8.10. The van der Waals surface area contributed by atoms with E-state index in [2.05, 4.69) is 21.5 Å². The molecule has 3 aromatic heterocycles. The number of anilines is 1. The maximum absolute atomic E-state index is 15.0. The number of carbonyl (C=O) groups excluding carboxylic acids is 1. The average Bonchev–Trinajstić information content (AvgIpc) is 2.96. The van der Waals surface area contributed by atoms with Crippen molar-refractivity contribution >= 4 is 34.4 Å². The zero-order chi connectivity index (χ0) is 30.3. The molecule has 218 valence electrons. The van der Waals surface area contributed by atoms with Crippen molar-refractivity contribution in [1.82, 2.24) is 29.4 Å². The molecule has 5 rings (SSSR count). The molecule has 4 heterocycles. The van der Waals surface area contributed by atoms with Crippen LogP contribution in [0.1, 0.15) is 57.8 Å². The molecule has 11 heteroatoms. The first-order chi connectivity index (χ1) is 20.0. The lowest BCUT2D eigenvalue weighted by molar-refractivity contribution is -0.126. The van der Waals surface area contributed by atoms with E-state index in [1.54, 1.807) is 29.2 Å². The molecule has 4 aromatic rings. The van der Waals surface area contributed by atoms with Crippen LogP contribution in [0.4, 0.5) is 10.2 Å². The summed E-state index contributed by atoms with van der Waals surface area (Å²) in [5.74, 6) is -0.333. The summed E-state index contributed by atoms with van der Waals surface area (Å²) in [4.78, 5) is 48.7. The van der Waals surface area contributed by atoms with Gasteiger partial charge in [-0.2, -0.15) is 4.98 Å². The summed E-state index contributed by atoms with van der Waals surface area (Å²) in [5, 5.41) is 0.731. The minimum Gasteiger partial charge on any atom is -0.350 e. The summed E-state index contributed by atoms with van der Waals surface area (Å²) in [6.45, 7) is 14.8. The van der Waals surface area contributed by atoms with Gasteiger partial charge in [0.2, 0.25) is 5.91 Å². The molecule has 0 aliphatic carbocycles. The maximum Gasteiger partial charge on any atom is 0.355 e. The molecule has 42 heavy (non-hydrogen) atoms. The number of hydrogen-bond donors (Lipinski definition) is 0. The third kappa shape index (κ3) is 5.15. The molecule has 0 unspecified atom stereocenters. The van der Waals surface area contributed by atoms with Crippen molar-refractivity contribution in [2.45, 2.75) is 52.5 Å². The lowest BCUT2D eigenvalue weighted by atomic mass is 10.0. The summed E-state index contributed by atoms with van der Waals surface area (Å²) >= 11 is 6.79. The number of fused-ring (bicyclic) bond motifs is 1. The fourth-order valence-corrected chi connectivity index (χ4v) is 5.70. The van der Waals surface area contributed by atoms with Gasteiger partial charge in [0.1, 0.15) is 18.0 Å². The minimum atomic E-state index is -0.567. The third-order valence-electron chi connectivity index (χ3n) is 7.51. The van der Waals surface area contributed by atoms with Crippen LogP contribution < -0.4 is 10.6 Å². The quantitative estimate of drug-likeness (QED) is 0.274. The number of carbonyl (C=O) groups is 1. The summed E-state index contributed by atoms with van der Waals surface area (Å²) in [7, 11) is 0. The molecule has 0 saturated carbocycles. The van der Waals surface area contributed by atoms with Crippen molar-refractivity contribution in [2.24, 2.45) is 0 Å². The Balaban J connectivity index is 1.84. The molecule has 1 aliphatic rings. The van der Waals surface area contributed by atoms with Gasteiger partial charge in [-0.3, -0.25) is 4.79 Å². The maximum atomic E-state index is 15.0. The van der Waals surface area contributed by atoms with Gasteiger partial charge in [0.15, 0.2) is 5.65 Å². The number of aromatic nitrogens is 5. The predicted molar refractivity (Wildman–Crippen MR) is 163 cm³/mol. The standard InChI is InChI=1S/C31H33ClFN7O2/c1-7-24(41)38-12-13-39(19(6)15-38)29-21-14-22(32)27(20-10-8-9-11-23(20)33)36-30(21)40(31(42)37-29)28-25(17(2)3)34-16-35-26(28)18(4)5/h7-11,14,16-19H,1,12-13,15H2,2-6H3/t19-/m0/s1. The Morgan fingerprint density at radius 1 is 1.10 bits per heavy atom. The highest BCUT2D eigenvalue weighted by Gasteiger charge is 2.31. The van der Waals surface area contributed by atoms with Gasteiger partial charge in [0.25, 0.3) is 0 Å². The average molecular weight is 590 g/mol. The normalized spacial score (nSPS) is 15.6. The largest absolute Gasteiger partial charge is 0.355 e. The molecule has 1 aliphatic heterocycles. The highest BCUT2D eigenvalue weighted by molar-refractivity contribution is 6.33. The lowest BCUT2D eigenvalue weighted by Gasteiger charge is -2.40. The number of piperazine rings is 1. The smallest absolute Gasteiger partial charge is 0.350 e. The molecule has 0 bridgehead atoms. The number of rotatable bonds is 6. The lowest BCUT2D eigenvalue weighted by Crippen LogP contribution is -2.54. The number of halogens is 2. The van der Waals surface area contributed by atoms with Gasteiger partial charge >= 0.3 is 5.69 Å². The zero-order valence-corrected chi connectivity index (χ0v) is 25.1. The number of pyridine rings is 1. The van der Waals surface area contributed by atoms with Crippen molar-refractivity contribution in [3.63, 3.8) is 0 Å².